The highest BCUT2D eigenvalue weighted by Crippen LogP contribution is 2.36. The Morgan fingerprint density at radius 3 is 2.52 bits per heavy atom. The third-order valence-corrected chi connectivity index (χ3v) is 6.63. The Morgan fingerprint density at radius 1 is 1.15 bits per heavy atom. The average Bonchev–Trinajstić information content (AvgIpc) is 2.68. The quantitative estimate of drug-likeness (QED) is 0.587. The highest BCUT2D eigenvalue weighted by Gasteiger charge is 2.30. The molecule has 0 radical (unpaired) electrons. The third kappa shape index (κ3) is 3.51. The molecule has 2 fully saturated rings. The molecule has 1 aromatic heterocycles. The van der Waals surface area contributed by atoms with E-state index >= 15 is 0 Å². The topological polar surface area (TPSA) is 59.5 Å². The zero-order valence-corrected chi connectivity index (χ0v) is 16.8. The minimum atomic E-state index is -0.339. The van der Waals surface area contributed by atoms with Crippen molar-refractivity contribution in [1.82, 2.24) is 14.5 Å². The highest BCUT2D eigenvalue weighted by molar-refractivity contribution is 7.99. The number of hydrogen-bond donors (Lipinski definition) is 0. The van der Waals surface area contributed by atoms with Gasteiger partial charge in [0.05, 0.1) is 18.5 Å². The first-order valence-electron chi connectivity index (χ1n) is 9.55. The van der Waals surface area contributed by atoms with Crippen LogP contribution in [0.25, 0.3) is 10.8 Å². The second kappa shape index (κ2) is 7.30. The summed E-state index contributed by atoms with van der Waals surface area (Å²) < 4.78 is -0.339. The molecule has 1 aromatic carbocycles. The Bertz CT molecular complexity index is 858. The van der Waals surface area contributed by atoms with E-state index < -0.39 is 0 Å². The lowest BCUT2D eigenvalue weighted by Crippen LogP contribution is -2.51. The van der Waals surface area contributed by atoms with Gasteiger partial charge in [-0.1, -0.05) is 12.1 Å². The molecular weight excluding hydrogens is 360 g/mol. The number of nitrogens with zero attached hydrogens (tertiary/aromatic N) is 4. The van der Waals surface area contributed by atoms with Gasteiger partial charge in [0.25, 0.3) is 0 Å². The molecule has 2 aromatic rings. The van der Waals surface area contributed by atoms with E-state index in [1.54, 1.807) is 6.92 Å². The van der Waals surface area contributed by atoms with Gasteiger partial charge in [-0.3, -0.25) is 4.79 Å². The highest BCUT2D eigenvalue weighted by atomic mass is 32.2. The molecule has 1 amide bonds. The molecular formula is C20H26N4O2S. The summed E-state index contributed by atoms with van der Waals surface area (Å²) in [5.41, 5.74) is 1.16. The fraction of sp³-hybridized carbons (Fsp3) is 0.500. The van der Waals surface area contributed by atoms with Gasteiger partial charge in [0.15, 0.2) is 0 Å². The standard InChI is InChI=1S/C20H26N4O2S/c1-15-4-3-5-17-18(15)14-19(23-8-6-22(7-9-23)16(2)25)21-20(17)24(26)10-12-27-13-11-24/h3-5,14H,6-13H2,1-2H3. The maximum Gasteiger partial charge on any atom is 0.237 e. The van der Waals surface area contributed by atoms with Crippen molar-refractivity contribution in [2.45, 2.75) is 13.8 Å². The zero-order valence-electron chi connectivity index (χ0n) is 16.0. The number of hydroxylamine groups is 2. The molecule has 0 saturated carbocycles. The predicted molar refractivity (Wildman–Crippen MR) is 113 cm³/mol. The number of quaternary nitrogens is 1. The van der Waals surface area contributed by atoms with Crippen LogP contribution in [-0.4, -0.2) is 66.6 Å². The lowest BCUT2D eigenvalue weighted by Gasteiger charge is -2.44. The first kappa shape index (κ1) is 18.5. The molecule has 144 valence electrons. The van der Waals surface area contributed by atoms with Crippen LogP contribution >= 0.6 is 11.8 Å². The number of carbonyl (C=O) groups is 1. The maximum absolute atomic E-state index is 13.6. The van der Waals surface area contributed by atoms with E-state index in [0.29, 0.717) is 32.0 Å². The molecule has 0 spiro atoms. The van der Waals surface area contributed by atoms with E-state index in [1.807, 2.05) is 28.8 Å². The van der Waals surface area contributed by atoms with E-state index in [1.165, 1.54) is 0 Å². The normalized spacial score (nSPS) is 20.1. The van der Waals surface area contributed by atoms with Crippen molar-refractivity contribution in [2.75, 3.05) is 55.7 Å². The van der Waals surface area contributed by atoms with Gasteiger partial charge in [-0.05, 0) is 30.0 Å². The Hall–Kier alpha value is -1.83. The number of thioether (sulfide) groups is 1. The van der Waals surface area contributed by atoms with E-state index in [9.17, 15) is 10.0 Å². The maximum atomic E-state index is 13.6. The summed E-state index contributed by atoms with van der Waals surface area (Å²) in [7, 11) is 0. The Morgan fingerprint density at radius 2 is 1.85 bits per heavy atom. The SMILES string of the molecule is CC(=O)N1CCN(c2cc3c(C)cccc3c([N+]3([O-])CCSCC3)n2)CC1. The molecule has 27 heavy (non-hydrogen) atoms. The van der Waals surface area contributed by atoms with Crippen molar-refractivity contribution in [3.05, 3.63) is 35.0 Å². The van der Waals surface area contributed by atoms with Crippen LogP contribution in [0, 0.1) is 12.1 Å². The number of carbonyl (C=O) groups excluding carboxylic acids is 1. The van der Waals surface area contributed by atoms with Crippen LogP contribution in [0.1, 0.15) is 12.5 Å². The van der Waals surface area contributed by atoms with E-state index in [4.69, 9.17) is 4.98 Å². The first-order valence-corrected chi connectivity index (χ1v) is 10.7. The van der Waals surface area contributed by atoms with Crippen LogP contribution in [0.15, 0.2) is 24.3 Å². The molecule has 6 nitrogen and oxygen atoms in total. The van der Waals surface area contributed by atoms with E-state index in [0.717, 1.165) is 46.7 Å². The van der Waals surface area contributed by atoms with Crippen molar-refractivity contribution in [1.29, 1.82) is 0 Å². The first-order chi connectivity index (χ1) is 13.0. The minimum Gasteiger partial charge on any atom is -0.626 e. The summed E-state index contributed by atoms with van der Waals surface area (Å²) in [5.74, 6) is 3.38. The fourth-order valence-electron chi connectivity index (χ4n) is 3.97. The van der Waals surface area contributed by atoms with Crippen LogP contribution < -0.4 is 9.55 Å². The van der Waals surface area contributed by atoms with Crippen LogP contribution in [-0.2, 0) is 4.79 Å². The summed E-state index contributed by atoms with van der Waals surface area (Å²) in [6, 6.07) is 8.24. The molecule has 0 aliphatic carbocycles. The minimum absolute atomic E-state index is 0.118. The van der Waals surface area contributed by atoms with Gasteiger partial charge in [-0.15, -0.1) is 0 Å². The summed E-state index contributed by atoms with van der Waals surface area (Å²) in [6.45, 7) is 7.75. The smallest absolute Gasteiger partial charge is 0.237 e. The van der Waals surface area contributed by atoms with Gasteiger partial charge in [0, 0.05) is 44.6 Å². The molecule has 0 bridgehead atoms. The average molecular weight is 387 g/mol. The lowest BCUT2D eigenvalue weighted by molar-refractivity contribution is -0.129. The van der Waals surface area contributed by atoms with Crippen molar-refractivity contribution >= 4 is 40.1 Å². The molecule has 2 saturated heterocycles. The number of piperazine rings is 1. The van der Waals surface area contributed by atoms with Crippen molar-refractivity contribution in [3.8, 4) is 0 Å². The Balaban J connectivity index is 1.76. The molecule has 2 aliphatic heterocycles. The van der Waals surface area contributed by atoms with Crippen LogP contribution in [0.5, 0.6) is 0 Å². The van der Waals surface area contributed by atoms with Crippen molar-refractivity contribution in [3.63, 3.8) is 0 Å². The van der Waals surface area contributed by atoms with Gasteiger partial charge in [-0.25, -0.2) is 0 Å². The monoisotopic (exact) mass is 386 g/mol. The molecule has 0 unspecified atom stereocenters. The Kier molecular flexibility index (Phi) is 5.01. The van der Waals surface area contributed by atoms with Gasteiger partial charge in [-0.2, -0.15) is 16.7 Å². The summed E-state index contributed by atoms with van der Waals surface area (Å²) in [5, 5.41) is 15.7. The fourth-order valence-corrected chi connectivity index (χ4v) is 5.02. The van der Waals surface area contributed by atoms with Gasteiger partial charge in [0.1, 0.15) is 5.82 Å². The number of amides is 1. The molecule has 3 heterocycles. The second-order valence-electron chi connectivity index (χ2n) is 7.42. The van der Waals surface area contributed by atoms with E-state index in [2.05, 4.69) is 24.0 Å². The lowest BCUT2D eigenvalue weighted by atomic mass is 10.1. The van der Waals surface area contributed by atoms with Gasteiger partial charge >= 0.3 is 0 Å². The zero-order chi connectivity index (χ0) is 19.0. The summed E-state index contributed by atoms with van der Waals surface area (Å²) in [6.07, 6.45) is 0. The number of aromatic nitrogens is 1. The van der Waals surface area contributed by atoms with Gasteiger partial charge in [0.2, 0.25) is 11.7 Å². The van der Waals surface area contributed by atoms with Gasteiger partial charge < -0.3 is 19.7 Å². The number of hydrogen-bond acceptors (Lipinski definition) is 5. The summed E-state index contributed by atoms with van der Waals surface area (Å²) >= 11 is 1.84. The third-order valence-electron chi connectivity index (χ3n) is 5.69. The molecule has 0 N–H and O–H groups in total. The summed E-state index contributed by atoms with van der Waals surface area (Å²) in [4.78, 5) is 20.6. The largest absolute Gasteiger partial charge is 0.626 e. The Labute approximate surface area is 164 Å². The molecule has 0 atom stereocenters. The number of rotatable bonds is 2. The van der Waals surface area contributed by atoms with E-state index in [-0.39, 0.29) is 10.6 Å². The number of anilines is 1. The number of pyridine rings is 1. The van der Waals surface area contributed by atoms with Crippen LogP contribution in [0.3, 0.4) is 0 Å². The number of benzene rings is 1. The molecule has 4 rings (SSSR count). The van der Waals surface area contributed by atoms with Crippen molar-refractivity contribution < 1.29 is 4.79 Å². The molecule has 2 aliphatic rings. The molecule has 7 heteroatoms. The predicted octanol–water partition coefficient (Wildman–Crippen LogP) is 2.76. The second-order valence-corrected chi connectivity index (χ2v) is 8.64. The number of aryl methyl sites for hydroxylation is 1. The number of fused-ring (bicyclic) bond motifs is 1. The van der Waals surface area contributed by atoms with Crippen LogP contribution in [0.2, 0.25) is 0 Å². The van der Waals surface area contributed by atoms with Crippen LogP contribution in [0.4, 0.5) is 11.6 Å². The van der Waals surface area contributed by atoms with Crippen molar-refractivity contribution in [2.24, 2.45) is 0 Å².